The number of hydrogen-bond donors (Lipinski definition) is 1. The topological polar surface area (TPSA) is 26.0 Å². The molecule has 0 radical (unpaired) electrons. The van der Waals surface area contributed by atoms with Gasteiger partial charge in [-0.2, -0.15) is 0 Å². The largest absolute Gasteiger partial charge is 0.299 e. The number of alkyl halides is 2. The first-order chi connectivity index (χ1) is 3.10. The molecule has 0 amide bonds. The second-order valence-electron chi connectivity index (χ2n) is 2.04. The molecule has 1 aliphatic carbocycles. The Hall–Kier alpha value is -0.180. The van der Waals surface area contributed by atoms with Crippen LogP contribution in [-0.2, 0) is 0 Å². The van der Waals surface area contributed by atoms with Crippen LogP contribution in [0.1, 0.15) is 12.8 Å². The fraction of sp³-hybridized carbons (Fsp3) is 1.00. The van der Waals surface area contributed by atoms with Gasteiger partial charge >= 0.3 is 0 Å². The van der Waals surface area contributed by atoms with Gasteiger partial charge in [-0.05, 0) is 0 Å². The van der Waals surface area contributed by atoms with E-state index in [0.717, 1.165) is 0 Å². The van der Waals surface area contributed by atoms with Crippen molar-refractivity contribution in [1.29, 1.82) is 0 Å². The standard InChI is InChI=1S/C4H7F2N/c5-3-1-4(6,7)2-3/h3H,1-2,7H2. The molecule has 1 rings (SSSR count). The number of rotatable bonds is 0. The van der Waals surface area contributed by atoms with Crippen molar-refractivity contribution in [2.45, 2.75) is 24.8 Å². The van der Waals surface area contributed by atoms with Crippen LogP contribution in [0.3, 0.4) is 0 Å². The first-order valence-electron chi connectivity index (χ1n) is 2.22. The van der Waals surface area contributed by atoms with E-state index in [2.05, 4.69) is 0 Å². The Morgan fingerprint density at radius 3 is 2.00 bits per heavy atom. The van der Waals surface area contributed by atoms with Crippen molar-refractivity contribution >= 4 is 0 Å². The summed E-state index contributed by atoms with van der Waals surface area (Å²) < 4.78 is 23.7. The summed E-state index contributed by atoms with van der Waals surface area (Å²) in [5.41, 5.74) is 4.81. The Bertz CT molecular complexity index is 73.8. The zero-order valence-corrected chi connectivity index (χ0v) is 3.82. The van der Waals surface area contributed by atoms with Crippen LogP contribution in [-0.4, -0.2) is 12.0 Å². The molecular weight excluding hydrogens is 100 g/mol. The number of nitrogens with two attached hydrogens (primary N) is 1. The fourth-order valence-corrected chi connectivity index (χ4v) is 0.677. The normalized spacial score (nSPS) is 51.0. The van der Waals surface area contributed by atoms with Crippen LogP contribution in [0, 0.1) is 0 Å². The molecule has 0 atom stereocenters. The third kappa shape index (κ3) is 0.881. The zero-order chi connectivity index (χ0) is 5.49. The average Bonchev–Trinajstić information content (AvgIpc) is 1.27. The molecule has 0 aromatic carbocycles. The molecule has 0 unspecified atom stereocenters. The van der Waals surface area contributed by atoms with Gasteiger partial charge in [0.1, 0.15) is 6.17 Å². The molecule has 1 nitrogen and oxygen atoms in total. The van der Waals surface area contributed by atoms with E-state index < -0.39 is 12.0 Å². The van der Waals surface area contributed by atoms with Gasteiger partial charge in [0.15, 0.2) is 5.79 Å². The molecule has 0 bridgehead atoms. The van der Waals surface area contributed by atoms with Gasteiger partial charge in [0, 0.05) is 12.8 Å². The number of halogens is 2. The highest BCUT2D eigenvalue weighted by molar-refractivity contribution is 4.89. The highest BCUT2D eigenvalue weighted by atomic mass is 19.2. The van der Waals surface area contributed by atoms with E-state index in [9.17, 15) is 8.78 Å². The molecule has 2 N–H and O–H groups in total. The Balaban J connectivity index is 2.29. The van der Waals surface area contributed by atoms with Crippen LogP contribution in [0.25, 0.3) is 0 Å². The molecule has 0 heterocycles. The minimum atomic E-state index is -1.68. The molecule has 1 saturated carbocycles. The summed E-state index contributed by atoms with van der Waals surface area (Å²) in [7, 11) is 0. The predicted molar refractivity (Wildman–Crippen MR) is 22.2 cm³/mol. The molecule has 0 saturated heterocycles. The second-order valence-corrected chi connectivity index (χ2v) is 2.04. The van der Waals surface area contributed by atoms with E-state index in [1.54, 1.807) is 0 Å². The molecule has 0 spiro atoms. The van der Waals surface area contributed by atoms with Crippen LogP contribution in [0.5, 0.6) is 0 Å². The molecule has 0 aromatic rings. The Morgan fingerprint density at radius 2 is 2.00 bits per heavy atom. The third-order valence-electron chi connectivity index (χ3n) is 1.12. The van der Waals surface area contributed by atoms with E-state index in [0.29, 0.717) is 0 Å². The van der Waals surface area contributed by atoms with Gasteiger partial charge in [0.2, 0.25) is 0 Å². The molecule has 3 heteroatoms. The minimum Gasteiger partial charge on any atom is -0.299 e. The van der Waals surface area contributed by atoms with E-state index in [1.807, 2.05) is 0 Å². The Morgan fingerprint density at radius 1 is 1.57 bits per heavy atom. The summed E-state index contributed by atoms with van der Waals surface area (Å²) in [4.78, 5) is 0. The first kappa shape index (κ1) is 4.97. The van der Waals surface area contributed by atoms with Gasteiger partial charge in [-0.15, -0.1) is 0 Å². The van der Waals surface area contributed by atoms with Crippen LogP contribution < -0.4 is 5.73 Å². The zero-order valence-electron chi connectivity index (χ0n) is 3.82. The van der Waals surface area contributed by atoms with Crippen molar-refractivity contribution < 1.29 is 8.78 Å². The van der Waals surface area contributed by atoms with Crippen LogP contribution in [0.4, 0.5) is 8.78 Å². The highest BCUT2D eigenvalue weighted by Gasteiger charge is 2.41. The summed E-state index contributed by atoms with van der Waals surface area (Å²) in [6, 6.07) is 0. The summed E-state index contributed by atoms with van der Waals surface area (Å²) in [5.74, 6) is -1.68. The van der Waals surface area contributed by atoms with Gasteiger partial charge in [0.25, 0.3) is 0 Å². The summed E-state index contributed by atoms with van der Waals surface area (Å²) in [6.07, 6.45) is -1.23. The first-order valence-corrected chi connectivity index (χ1v) is 2.22. The van der Waals surface area contributed by atoms with Crippen molar-refractivity contribution in [2.24, 2.45) is 5.73 Å². The lowest BCUT2D eigenvalue weighted by Crippen LogP contribution is -2.48. The van der Waals surface area contributed by atoms with E-state index in [1.165, 1.54) is 0 Å². The second kappa shape index (κ2) is 1.15. The van der Waals surface area contributed by atoms with Crippen LogP contribution in [0.15, 0.2) is 0 Å². The lowest BCUT2D eigenvalue weighted by Gasteiger charge is -2.32. The maximum Gasteiger partial charge on any atom is 0.164 e. The van der Waals surface area contributed by atoms with Gasteiger partial charge in [0.05, 0.1) is 0 Å². The smallest absolute Gasteiger partial charge is 0.164 e. The fourth-order valence-electron chi connectivity index (χ4n) is 0.677. The van der Waals surface area contributed by atoms with Crippen molar-refractivity contribution in [1.82, 2.24) is 0 Å². The molecule has 42 valence electrons. The van der Waals surface area contributed by atoms with Gasteiger partial charge in [-0.3, -0.25) is 5.73 Å². The third-order valence-corrected chi connectivity index (χ3v) is 1.12. The molecule has 1 fully saturated rings. The van der Waals surface area contributed by atoms with E-state index >= 15 is 0 Å². The quantitative estimate of drug-likeness (QED) is 0.454. The van der Waals surface area contributed by atoms with Gasteiger partial charge in [-0.1, -0.05) is 0 Å². The molecule has 7 heavy (non-hydrogen) atoms. The Labute approximate surface area is 40.5 Å². The summed E-state index contributed by atoms with van der Waals surface area (Å²) in [6.45, 7) is 0. The van der Waals surface area contributed by atoms with Crippen molar-refractivity contribution in [2.75, 3.05) is 0 Å². The summed E-state index contributed by atoms with van der Waals surface area (Å²) >= 11 is 0. The SMILES string of the molecule is NC1(F)CC(F)C1. The maximum atomic E-state index is 12.0. The maximum absolute atomic E-state index is 12.0. The molecule has 0 aliphatic heterocycles. The number of hydrogen-bond acceptors (Lipinski definition) is 1. The summed E-state index contributed by atoms with van der Waals surface area (Å²) in [5, 5.41) is 0. The Kier molecular flexibility index (Phi) is 0.819. The predicted octanol–water partition coefficient (Wildman–Crippen LogP) is 0.743. The molecule has 1 aliphatic rings. The van der Waals surface area contributed by atoms with Crippen molar-refractivity contribution in [3.63, 3.8) is 0 Å². The van der Waals surface area contributed by atoms with Crippen LogP contribution in [0.2, 0.25) is 0 Å². The van der Waals surface area contributed by atoms with Crippen molar-refractivity contribution in [3.05, 3.63) is 0 Å². The minimum absolute atomic E-state index is 0.118. The van der Waals surface area contributed by atoms with Crippen molar-refractivity contribution in [3.8, 4) is 0 Å². The lowest BCUT2D eigenvalue weighted by atomic mass is 9.89. The molecular formula is C4H7F2N. The van der Waals surface area contributed by atoms with Gasteiger partial charge in [-0.25, -0.2) is 8.78 Å². The highest BCUT2D eigenvalue weighted by Crippen LogP contribution is 2.32. The van der Waals surface area contributed by atoms with E-state index in [-0.39, 0.29) is 12.8 Å². The van der Waals surface area contributed by atoms with Gasteiger partial charge < -0.3 is 0 Å². The molecule has 0 aromatic heterocycles. The monoisotopic (exact) mass is 107 g/mol. The lowest BCUT2D eigenvalue weighted by molar-refractivity contribution is -0.00625. The average molecular weight is 107 g/mol. The van der Waals surface area contributed by atoms with E-state index in [4.69, 9.17) is 5.73 Å². The van der Waals surface area contributed by atoms with Crippen LogP contribution >= 0.6 is 0 Å².